The minimum Gasteiger partial charge on any atom is -0.465 e. The molecule has 0 aliphatic heterocycles. The fourth-order valence-corrected chi connectivity index (χ4v) is 2.40. The number of rotatable bonds is 6. The summed E-state index contributed by atoms with van der Waals surface area (Å²) in [7, 11) is 0. The molecule has 22 heavy (non-hydrogen) atoms. The summed E-state index contributed by atoms with van der Waals surface area (Å²) in [5.41, 5.74) is 1.85. The number of hydrogen-bond acceptors (Lipinski definition) is 4. The molecule has 2 rings (SSSR count). The van der Waals surface area contributed by atoms with Gasteiger partial charge in [-0.1, -0.05) is 26.0 Å². The fraction of sp³-hybridized carbons (Fsp3) is 0.412. The maximum Gasteiger partial charge on any atom is 0.273 e. The summed E-state index contributed by atoms with van der Waals surface area (Å²) in [6.07, 6.45) is 0. The second-order valence-corrected chi connectivity index (χ2v) is 5.86. The van der Waals surface area contributed by atoms with Gasteiger partial charge in [-0.3, -0.25) is 10.1 Å². The first kappa shape index (κ1) is 16.2. The van der Waals surface area contributed by atoms with E-state index >= 15 is 0 Å². The molecule has 0 aliphatic carbocycles. The van der Waals surface area contributed by atoms with Gasteiger partial charge in [-0.05, 0) is 37.5 Å². The largest absolute Gasteiger partial charge is 0.465 e. The van der Waals surface area contributed by atoms with Gasteiger partial charge in [0.15, 0.2) is 0 Å². The van der Waals surface area contributed by atoms with Gasteiger partial charge in [-0.25, -0.2) is 0 Å². The summed E-state index contributed by atoms with van der Waals surface area (Å²) in [4.78, 5) is 10.9. The summed E-state index contributed by atoms with van der Waals surface area (Å²) in [6.45, 7) is 8.39. The highest BCUT2D eigenvalue weighted by Crippen LogP contribution is 2.27. The molecule has 0 bridgehead atoms. The minimum atomic E-state index is -0.307. The molecule has 0 radical (unpaired) electrons. The Labute approximate surface area is 130 Å². The molecule has 1 aromatic carbocycles. The van der Waals surface area contributed by atoms with Gasteiger partial charge in [0.25, 0.3) is 5.69 Å². The first-order valence-electron chi connectivity index (χ1n) is 7.45. The van der Waals surface area contributed by atoms with Gasteiger partial charge in [-0.2, -0.15) is 0 Å². The highest BCUT2D eigenvalue weighted by molar-refractivity contribution is 5.45. The molecule has 2 aromatic rings. The average molecular weight is 302 g/mol. The third-order valence-electron chi connectivity index (χ3n) is 3.71. The number of furan rings is 1. The summed E-state index contributed by atoms with van der Waals surface area (Å²) in [5, 5.41) is 14.5. The number of aryl methyl sites for hydroxylation is 1. The van der Waals surface area contributed by atoms with Gasteiger partial charge >= 0.3 is 0 Å². The Morgan fingerprint density at radius 2 is 1.95 bits per heavy atom. The Balaban J connectivity index is 2.10. The van der Waals surface area contributed by atoms with Crippen molar-refractivity contribution in [3.63, 3.8) is 0 Å². The van der Waals surface area contributed by atoms with Crippen LogP contribution in [0.5, 0.6) is 0 Å². The molecular weight excluding hydrogens is 280 g/mol. The van der Waals surface area contributed by atoms with Crippen LogP contribution >= 0.6 is 0 Å². The van der Waals surface area contributed by atoms with Crippen LogP contribution in [0.25, 0.3) is 0 Å². The Morgan fingerprint density at radius 3 is 2.50 bits per heavy atom. The quantitative estimate of drug-likeness (QED) is 0.631. The average Bonchev–Trinajstić information content (AvgIpc) is 2.91. The van der Waals surface area contributed by atoms with Crippen molar-refractivity contribution in [2.45, 2.75) is 46.2 Å². The smallest absolute Gasteiger partial charge is 0.273 e. The van der Waals surface area contributed by atoms with Crippen molar-refractivity contribution in [2.75, 3.05) is 0 Å². The zero-order valence-electron chi connectivity index (χ0n) is 13.4. The maximum absolute atomic E-state index is 11.2. The van der Waals surface area contributed by atoms with Crippen LogP contribution in [0.3, 0.4) is 0 Å². The summed E-state index contributed by atoms with van der Waals surface area (Å²) in [5.74, 6) is 1.87. The molecule has 1 unspecified atom stereocenters. The van der Waals surface area contributed by atoms with E-state index in [4.69, 9.17) is 4.42 Å². The molecule has 1 aromatic heterocycles. The highest BCUT2D eigenvalue weighted by atomic mass is 16.6. The van der Waals surface area contributed by atoms with Crippen molar-refractivity contribution in [2.24, 2.45) is 0 Å². The van der Waals surface area contributed by atoms with Crippen molar-refractivity contribution < 1.29 is 9.34 Å². The number of nitrogens with one attached hydrogen (secondary N) is 1. The number of nitro groups is 1. The molecule has 5 heteroatoms. The Hall–Kier alpha value is -2.14. The monoisotopic (exact) mass is 302 g/mol. The number of nitrogens with zero attached hydrogens (tertiary/aromatic N) is 1. The van der Waals surface area contributed by atoms with E-state index in [-0.39, 0.29) is 22.6 Å². The van der Waals surface area contributed by atoms with Crippen LogP contribution in [-0.4, -0.2) is 4.92 Å². The van der Waals surface area contributed by atoms with E-state index in [1.165, 1.54) is 0 Å². The standard InChI is InChI=1S/C17H22N2O3/c1-11(2)15-7-6-14(9-16(15)19(20)21)10-18-13(4)17-8-5-12(3)22-17/h5-9,11,13,18H,10H2,1-4H3. The lowest BCUT2D eigenvalue weighted by Gasteiger charge is -2.13. The van der Waals surface area contributed by atoms with Crippen LogP contribution in [0.15, 0.2) is 34.7 Å². The van der Waals surface area contributed by atoms with Crippen LogP contribution in [0.2, 0.25) is 0 Å². The van der Waals surface area contributed by atoms with Gasteiger partial charge in [0, 0.05) is 18.2 Å². The number of benzene rings is 1. The molecule has 0 amide bonds. The lowest BCUT2D eigenvalue weighted by molar-refractivity contribution is -0.385. The van der Waals surface area contributed by atoms with Crippen molar-refractivity contribution in [3.8, 4) is 0 Å². The van der Waals surface area contributed by atoms with E-state index in [1.807, 2.05) is 52.0 Å². The van der Waals surface area contributed by atoms with E-state index in [0.29, 0.717) is 6.54 Å². The second-order valence-electron chi connectivity index (χ2n) is 5.86. The molecule has 1 N–H and O–H groups in total. The van der Waals surface area contributed by atoms with Crippen LogP contribution in [0.4, 0.5) is 5.69 Å². The lowest BCUT2D eigenvalue weighted by Crippen LogP contribution is -2.17. The van der Waals surface area contributed by atoms with Crippen molar-refractivity contribution >= 4 is 5.69 Å². The number of nitro benzene ring substituents is 1. The van der Waals surface area contributed by atoms with Crippen molar-refractivity contribution in [3.05, 3.63) is 63.1 Å². The van der Waals surface area contributed by atoms with E-state index in [9.17, 15) is 10.1 Å². The Kier molecular flexibility index (Phi) is 4.98. The molecule has 0 aliphatic rings. The zero-order valence-corrected chi connectivity index (χ0v) is 13.4. The van der Waals surface area contributed by atoms with Crippen LogP contribution in [0, 0.1) is 17.0 Å². The summed E-state index contributed by atoms with van der Waals surface area (Å²) < 4.78 is 5.58. The molecule has 0 fully saturated rings. The second kappa shape index (κ2) is 6.75. The van der Waals surface area contributed by atoms with Gasteiger partial charge in [0.1, 0.15) is 11.5 Å². The SMILES string of the molecule is Cc1ccc(C(C)NCc2ccc(C(C)C)c([N+](=O)[O-])c2)o1. The van der Waals surface area contributed by atoms with E-state index in [2.05, 4.69) is 5.32 Å². The van der Waals surface area contributed by atoms with Gasteiger partial charge in [-0.15, -0.1) is 0 Å². The lowest BCUT2D eigenvalue weighted by atomic mass is 9.99. The molecular formula is C17H22N2O3. The third-order valence-corrected chi connectivity index (χ3v) is 3.71. The predicted octanol–water partition coefficient (Wildman–Crippen LogP) is 4.47. The first-order valence-corrected chi connectivity index (χ1v) is 7.45. The Bertz CT molecular complexity index is 662. The van der Waals surface area contributed by atoms with Crippen LogP contribution in [0.1, 0.15) is 55.4 Å². The predicted molar refractivity (Wildman–Crippen MR) is 85.9 cm³/mol. The van der Waals surface area contributed by atoms with Crippen LogP contribution < -0.4 is 5.32 Å². The van der Waals surface area contributed by atoms with E-state index in [0.717, 1.165) is 22.6 Å². The van der Waals surface area contributed by atoms with Gasteiger partial charge in [0.2, 0.25) is 0 Å². The maximum atomic E-state index is 11.2. The van der Waals surface area contributed by atoms with Crippen LogP contribution in [-0.2, 0) is 6.54 Å². The highest BCUT2D eigenvalue weighted by Gasteiger charge is 2.17. The van der Waals surface area contributed by atoms with E-state index in [1.54, 1.807) is 6.07 Å². The molecule has 1 heterocycles. The molecule has 0 saturated carbocycles. The first-order chi connectivity index (χ1) is 10.4. The zero-order chi connectivity index (χ0) is 16.3. The Morgan fingerprint density at radius 1 is 1.23 bits per heavy atom. The van der Waals surface area contributed by atoms with Crippen molar-refractivity contribution in [1.82, 2.24) is 5.32 Å². The van der Waals surface area contributed by atoms with Gasteiger partial charge in [0.05, 0.1) is 11.0 Å². The normalized spacial score (nSPS) is 12.6. The van der Waals surface area contributed by atoms with Crippen molar-refractivity contribution in [1.29, 1.82) is 0 Å². The van der Waals surface area contributed by atoms with E-state index < -0.39 is 0 Å². The topological polar surface area (TPSA) is 68.3 Å². The molecule has 0 saturated heterocycles. The molecule has 118 valence electrons. The number of hydrogen-bond donors (Lipinski definition) is 1. The van der Waals surface area contributed by atoms with Gasteiger partial charge < -0.3 is 9.73 Å². The summed E-state index contributed by atoms with van der Waals surface area (Å²) >= 11 is 0. The fourth-order valence-electron chi connectivity index (χ4n) is 2.40. The molecule has 0 spiro atoms. The molecule has 5 nitrogen and oxygen atoms in total. The molecule has 1 atom stereocenters. The third kappa shape index (κ3) is 3.74. The minimum absolute atomic E-state index is 0.0533. The summed E-state index contributed by atoms with van der Waals surface area (Å²) in [6, 6.07) is 9.37.